The second-order valence-corrected chi connectivity index (χ2v) is 24.0. The molecule has 0 fully saturated rings. The Balaban J connectivity index is 0.000000132. The van der Waals surface area contributed by atoms with Crippen LogP contribution in [0.2, 0.25) is 0 Å². The normalized spacial score (nSPS) is 12.2. The van der Waals surface area contributed by atoms with E-state index in [0.717, 1.165) is 61.1 Å². The van der Waals surface area contributed by atoms with Crippen molar-refractivity contribution in [1.29, 1.82) is 0 Å². The van der Waals surface area contributed by atoms with Crippen LogP contribution in [0.4, 0.5) is 0 Å². The molecule has 0 amide bonds. The summed E-state index contributed by atoms with van der Waals surface area (Å²) in [6.45, 7) is 15.5. The Morgan fingerprint density at radius 1 is 0.357 bits per heavy atom. The average Bonchev–Trinajstić information content (AvgIpc) is 1.22. The number of nitrogens with zero attached hydrogens (tertiary/aromatic N) is 9. The molecule has 18 nitrogen and oxygen atoms in total. The minimum atomic E-state index is -1.04. The van der Waals surface area contributed by atoms with Crippen molar-refractivity contribution in [2.24, 2.45) is 0 Å². The van der Waals surface area contributed by atoms with Gasteiger partial charge < -0.3 is 29.5 Å². The van der Waals surface area contributed by atoms with E-state index in [1.54, 1.807) is 31.7 Å². The van der Waals surface area contributed by atoms with Crippen LogP contribution in [0.1, 0.15) is 115 Å². The molecular formula is C80H67N9O9. The van der Waals surface area contributed by atoms with Gasteiger partial charge in [-0.15, -0.1) is 0 Å². The SMILES string of the molecule is Cc1ccc(O[C@@H](C)c2ccccc2)c2c(C(=O)O)cc(-c3cc4ccccn4n3)nc12.Cc1ccc(O[C@@H](C)c2ccccc2)c2c(C(=O)O)cc(-c3nn4ccccc4c3C)nc12.Cc1ccc(O[C@H](C)c2ccccc2)c2c(C(=O)O)cc(-c3nn4ccccc4c3C)nc12. The van der Waals surface area contributed by atoms with Crippen LogP contribution in [-0.2, 0) is 0 Å². The summed E-state index contributed by atoms with van der Waals surface area (Å²) >= 11 is 0. The van der Waals surface area contributed by atoms with E-state index >= 15 is 0 Å². The van der Waals surface area contributed by atoms with Crippen LogP contribution in [0.5, 0.6) is 17.2 Å². The Morgan fingerprint density at radius 3 is 1.03 bits per heavy atom. The van der Waals surface area contributed by atoms with Gasteiger partial charge in [-0.1, -0.05) is 127 Å². The van der Waals surface area contributed by atoms with Gasteiger partial charge in [-0.25, -0.2) is 42.9 Å². The molecular weight excluding hydrogens is 1230 g/mol. The van der Waals surface area contributed by atoms with Gasteiger partial charge in [0.05, 0.1) is 83.0 Å². The molecule has 98 heavy (non-hydrogen) atoms. The van der Waals surface area contributed by atoms with E-state index in [1.807, 2.05) is 262 Å². The van der Waals surface area contributed by atoms with Crippen molar-refractivity contribution in [2.75, 3.05) is 0 Å². The second-order valence-electron chi connectivity index (χ2n) is 24.0. The minimum absolute atomic E-state index is 0.140. The van der Waals surface area contributed by atoms with Crippen molar-refractivity contribution in [3.8, 4) is 51.4 Å². The highest BCUT2D eigenvalue weighted by molar-refractivity contribution is 6.09. The van der Waals surface area contributed by atoms with E-state index in [9.17, 15) is 29.7 Å². The number of rotatable bonds is 15. The summed E-state index contributed by atoms with van der Waals surface area (Å²) in [5.41, 5.74) is 16.1. The van der Waals surface area contributed by atoms with E-state index in [2.05, 4.69) is 15.3 Å². The third-order valence-electron chi connectivity index (χ3n) is 17.5. The number of fused-ring (bicyclic) bond motifs is 6. The number of hydrogen-bond acceptors (Lipinski definition) is 12. The molecule has 0 spiro atoms. The largest absolute Gasteiger partial charge is 0.485 e. The molecule has 0 radical (unpaired) electrons. The third-order valence-corrected chi connectivity index (χ3v) is 17.5. The van der Waals surface area contributed by atoms with Crippen molar-refractivity contribution in [1.82, 2.24) is 43.8 Å². The van der Waals surface area contributed by atoms with Gasteiger partial charge in [0.15, 0.2) is 0 Å². The molecule has 0 unspecified atom stereocenters. The van der Waals surface area contributed by atoms with E-state index in [1.165, 1.54) is 0 Å². The van der Waals surface area contributed by atoms with Gasteiger partial charge in [-0.05, 0) is 168 Å². The number of hydrogen-bond donors (Lipinski definition) is 3. The van der Waals surface area contributed by atoms with E-state index in [0.29, 0.717) is 84.1 Å². The summed E-state index contributed by atoms with van der Waals surface area (Å²) in [6, 6.07) is 64.8. The molecule has 6 aromatic carbocycles. The van der Waals surface area contributed by atoms with Crippen LogP contribution >= 0.6 is 0 Å². The highest BCUT2D eigenvalue weighted by Crippen LogP contribution is 2.40. The summed E-state index contributed by atoms with van der Waals surface area (Å²) in [4.78, 5) is 51.5. The quantitative estimate of drug-likeness (QED) is 0.0867. The third kappa shape index (κ3) is 12.7. The molecule has 0 saturated heterocycles. The standard InChI is InChI=1S/2C27H23N3O3.C26H21N3O3/c2*1-16-12-13-23(33-18(3)19-9-5-4-6-10-19)24-20(27(31)32)15-21(28-25(16)24)26-17(2)22-11-7-8-14-30(22)29-26;1-16-11-12-23(32-17(2)18-8-4-3-5-9-18)24-20(26(30)31)15-21(27-25(16)24)22-14-19-10-6-7-13-29(19)28-22/h2*4-15,18H,1-3H3,(H,31,32);3-15,17H,1-2H3,(H,30,31)/t2*18-;17-/m100/s1. The van der Waals surface area contributed by atoms with Crippen molar-refractivity contribution < 1.29 is 43.9 Å². The number of aromatic carboxylic acids is 3. The summed E-state index contributed by atoms with van der Waals surface area (Å²) in [6.07, 6.45) is 4.83. The summed E-state index contributed by atoms with van der Waals surface area (Å²) in [5, 5.41) is 45.7. The van der Waals surface area contributed by atoms with Crippen LogP contribution in [-0.4, -0.2) is 77.0 Å². The van der Waals surface area contributed by atoms with Gasteiger partial charge in [0.2, 0.25) is 0 Å². The van der Waals surface area contributed by atoms with Gasteiger partial charge in [0.25, 0.3) is 0 Å². The molecule has 3 atom stereocenters. The molecule has 0 aliphatic carbocycles. The number of pyridine rings is 6. The topological polar surface area (TPSA) is 230 Å². The predicted octanol–water partition coefficient (Wildman–Crippen LogP) is 17.7. The Labute approximate surface area is 563 Å². The Kier molecular flexibility index (Phi) is 17.7. The lowest BCUT2D eigenvalue weighted by atomic mass is 10.0. The summed E-state index contributed by atoms with van der Waals surface area (Å²) < 4.78 is 24.0. The van der Waals surface area contributed by atoms with Gasteiger partial charge in [0.1, 0.15) is 52.6 Å². The maximum Gasteiger partial charge on any atom is 0.336 e. The predicted molar refractivity (Wildman–Crippen MR) is 379 cm³/mol. The molecule has 0 saturated carbocycles. The van der Waals surface area contributed by atoms with Crippen LogP contribution in [0.15, 0.2) is 225 Å². The Hall–Kier alpha value is -12.6. The van der Waals surface area contributed by atoms with E-state index in [4.69, 9.17) is 29.2 Å². The first-order chi connectivity index (χ1) is 47.4. The van der Waals surface area contributed by atoms with Gasteiger partial charge in [-0.2, -0.15) is 15.3 Å². The molecule has 3 N–H and O–H groups in total. The van der Waals surface area contributed by atoms with Crippen molar-refractivity contribution in [2.45, 2.75) is 73.7 Å². The van der Waals surface area contributed by atoms with Gasteiger partial charge in [-0.3, -0.25) is 0 Å². The lowest BCUT2D eigenvalue weighted by Crippen LogP contribution is -2.07. The smallest absolute Gasteiger partial charge is 0.336 e. The lowest BCUT2D eigenvalue weighted by molar-refractivity contribution is 0.0688. The zero-order valence-electron chi connectivity index (χ0n) is 54.9. The van der Waals surface area contributed by atoms with Gasteiger partial charge >= 0.3 is 17.9 Å². The number of benzene rings is 6. The highest BCUT2D eigenvalue weighted by atomic mass is 16.5. The Morgan fingerprint density at radius 2 is 0.684 bits per heavy atom. The van der Waals surface area contributed by atoms with Crippen molar-refractivity contribution in [3.63, 3.8) is 0 Å². The molecule has 15 aromatic rings. The van der Waals surface area contributed by atoms with Crippen molar-refractivity contribution in [3.05, 3.63) is 286 Å². The number of carbonyl (C=O) groups is 3. The average molecular weight is 1300 g/mol. The van der Waals surface area contributed by atoms with Crippen LogP contribution in [0, 0.1) is 34.6 Å². The zero-order chi connectivity index (χ0) is 68.5. The maximum absolute atomic E-state index is 12.4. The molecule has 18 heteroatoms. The fourth-order valence-corrected chi connectivity index (χ4v) is 12.2. The van der Waals surface area contributed by atoms with E-state index < -0.39 is 17.9 Å². The number of carboxylic acids is 3. The molecule has 0 aliphatic rings. The van der Waals surface area contributed by atoms with Crippen molar-refractivity contribution >= 4 is 67.2 Å². The van der Waals surface area contributed by atoms with Crippen LogP contribution in [0.25, 0.3) is 83.4 Å². The zero-order valence-corrected chi connectivity index (χ0v) is 54.9. The molecule has 15 rings (SSSR count). The first kappa shape index (κ1) is 64.2. The molecule has 9 aromatic heterocycles. The molecule has 0 aliphatic heterocycles. The fraction of sp³-hybridized carbons (Fsp3) is 0.138. The first-order valence-electron chi connectivity index (χ1n) is 31.9. The number of ether oxygens (including phenoxy) is 3. The number of aryl methyl sites for hydroxylation is 5. The second kappa shape index (κ2) is 27.0. The van der Waals surface area contributed by atoms with Crippen LogP contribution < -0.4 is 14.2 Å². The monoisotopic (exact) mass is 1300 g/mol. The molecule has 486 valence electrons. The lowest BCUT2D eigenvalue weighted by Gasteiger charge is -2.18. The summed E-state index contributed by atoms with van der Waals surface area (Å²) in [5.74, 6) is -1.62. The molecule has 0 bridgehead atoms. The number of aromatic nitrogens is 9. The summed E-state index contributed by atoms with van der Waals surface area (Å²) in [7, 11) is 0. The highest BCUT2D eigenvalue weighted by Gasteiger charge is 2.26. The Bertz CT molecular complexity index is 5290. The first-order valence-corrected chi connectivity index (χ1v) is 31.9. The van der Waals surface area contributed by atoms with Crippen LogP contribution in [0.3, 0.4) is 0 Å². The number of carboxylic acid groups (broad SMARTS) is 3. The van der Waals surface area contributed by atoms with E-state index in [-0.39, 0.29) is 35.0 Å². The maximum atomic E-state index is 12.4. The molecule has 9 heterocycles. The van der Waals surface area contributed by atoms with Gasteiger partial charge in [0, 0.05) is 29.7 Å². The minimum Gasteiger partial charge on any atom is -0.485 e. The fourth-order valence-electron chi connectivity index (χ4n) is 12.2.